The van der Waals surface area contributed by atoms with Gasteiger partial charge in [0.15, 0.2) is 5.82 Å². The molecule has 0 bridgehead atoms. The molecule has 5 rings (SSSR count). The Bertz CT molecular complexity index is 1290. The molecule has 0 fully saturated rings. The van der Waals surface area contributed by atoms with E-state index < -0.39 is 0 Å². The first-order valence-corrected chi connectivity index (χ1v) is 11.0. The van der Waals surface area contributed by atoms with Crippen molar-refractivity contribution in [3.05, 3.63) is 90.3 Å². The molecular weight excluding hydrogens is 402 g/mol. The molecule has 6 heteroatoms. The number of fused-ring (bicyclic) bond motifs is 1. The summed E-state index contributed by atoms with van der Waals surface area (Å²) >= 11 is 1.65. The van der Waals surface area contributed by atoms with Crippen molar-refractivity contribution in [2.24, 2.45) is 0 Å². The van der Waals surface area contributed by atoms with Gasteiger partial charge in [0.2, 0.25) is 0 Å². The van der Waals surface area contributed by atoms with Crippen LogP contribution in [0.15, 0.2) is 84.6 Å². The van der Waals surface area contributed by atoms with Gasteiger partial charge in [0.25, 0.3) is 0 Å². The van der Waals surface area contributed by atoms with Gasteiger partial charge in [0.05, 0.1) is 5.39 Å². The molecule has 0 aliphatic carbocycles. The number of nitrogens with zero attached hydrogens (tertiary/aromatic N) is 5. The molecule has 5 nitrogen and oxygen atoms in total. The second kappa shape index (κ2) is 8.62. The third kappa shape index (κ3) is 4.02. The lowest BCUT2D eigenvalue weighted by Gasteiger charge is -2.20. The predicted molar refractivity (Wildman–Crippen MR) is 127 cm³/mol. The number of anilines is 1. The van der Waals surface area contributed by atoms with E-state index in [1.165, 1.54) is 5.56 Å². The normalized spacial score (nSPS) is 11.0. The maximum absolute atomic E-state index is 5.00. The summed E-state index contributed by atoms with van der Waals surface area (Å²) in [5, 5.41) is 3.27. The molecule has 0 aliphatic rings. The lowest BCUT2D eigenvalue weighted by Crippen LogP contribution is -2.22. The summed E-state index contributed by atoms with van der Waals surface area (Å²) in [6, 6.07) is 20.4. The molecule has 0 amide bonds. The van der Waals surface area contributed by atoms with E-state index in [0.29, 0.717) is 5.82 Å². The van der Waals surface area contributed by atoms with Gasteiger partial charge < -0.3 is 4.90 Å². The van der Waals surface area contributed by atoms with Crippen LogP contribution in [0.3, 0.4) is 0 Å². The van der Waals surface area contributed by atoms with Crippen molar-refractivity contribution in [1.82, 2.24) is 19.9 Å². The number of pyridine rings is 2. The molecule has 0 saturated heterocycles. The summed E-state index contributed by atoms with van der Waals surface area (Å²) in [5.74, 6) is 1.63. The van der Waals surface area contributed by atoms with Gasteiger partial charge in [-0.25, -0.2) is 9.97 Å². The van der Waals surface area contributed by atoms with Gasteiger partial charge in [-0.2, -0.15) is 0 Å². The molecule has 0 saturated carbocycles. The zero-order valence-electron chi connectivity index (χ0n) is 17.1. The van der Waals surface area contributed by atoms with Crippen LogP contribution >= 0.6 is 11.3 Å². The van der Waals surface area contributed by atoms with Crippen molar-refractivity contribution in [3.63, 3.8) is 0 Å². The van der Waals surface area contributed by atoms with Gasteiger partial charge in [0.1, 0.15) is 10.6 Å². The smallest absolute Gasteiger partial charge is 0.164 e. The summed E-state index contributed by atoms with van der Waals surface area (Å²) in [5.41, 5.74) is 4.32. The molecule has 0 atom stereocenters. The molecule has 4 aromatic heterocycles. The quantitative estimate of drug-likeness (QED) is 0.361. The van der Waals surface area contributed by atoms with Crippen molar-refractivity contribution in [2.75, 3.05) is 18.5 Å². The van der Waals surface area contributed by atoms with Crippen LogP contribution in [0.4, 0.5) is 5.82 Å². The van der Waals surface area contributed by atoms with Crippen LogP contribution in [0.2, 0.25) is 0 Å². The Morgan fingerprint density at radius 3 is 2.48 bits per heavy atom. The first-order chi connectivity index (χ1) is 15.3. The first kappa shape index (κ1) is 19.3. The van der Waals surface area contributed by atoms with Crippen molar-refractivity contribution in [1.29, 1.82) is 0 Å². The molecule has 0 aliphatic heterocycles. The minimum absolute atomic E-state index is 0.696. The van der Waals surface area contributed by atoms with Crippen molar-refractivity contribution >= 4 is 27.4 Å². The maximum atomic E-state index is 5.00. The van der Waals surface area contributed by atoms with E-state index in [0.717, 1.165) is 45.8 Å². The summed E-state index contributed by atoms with van der Waals surface area (Å²) in [4.78, 5) is 21.8. The van der Waals surface area contributed by atoms with Crippen molar-refractivity contribution < 1.29 is 0 Å². The van der Waals surface area contributed by atoms with Gasteiger partial charge in [-0.05, 0) is 29.8 Å². The fraction of sp³-hybridized carbons (Fsp3) is 0.120. The van der Waals surface area contributed by atoms with E-state index in [-0.39, 0.29) is 0 Å². The molecule has 0 radical (unpaired) electrons. The number of rotatable bonds is 6. The van der Waals surface area contributed by atoms with Crippen LogP contribution in [-0.2, 0) is 6.42 Å². The number of thiophene rings is 1. The molecule has 31 heavy (non-hydrogen) atoms. The molecule has 152 valence electrons. The number of hydrogen-bond acceptors (Lipinski definition) is 6. The topological polar surface area (TPSA) is 54.8 Å². The fourth-order valence-corrected chi connectivity index (χ4v) is 4.53. The Morgan fingerprint density at radius 1 is 0.871 bits per heavy atom. The van der Waals surface area contributed by atoms with E-state index in [2.05, 4.69) is 57.6 Å². The third-order valence-corrected chi connectivity index (χ3v) is 6.08. The van der Waals surface area contributed by atoms with E-state index >= 15 is 0 Å². The highest BCUT2D eigenvalue weighted by Gasteiger charge is 2.19. The van der Waals surface area contributed by atoms with Crippen molar-refractivity contribution in [2.45, 2.75) is 6.42 Å². The second-order valence-electron chi connectivity index (χ2n) is 7.30. The number of hydrogen-bond donors (Lipinski definition) is 0. The van der Waals surface area contributed by atoms with Crippen LogP contribution in [0.25, 0.3) is 32.7 Å². The van der Waals surface area contributed by atoms with Crippen LogP contribution < -0.4 is 4.90 Å². The van der Waals surface area contributed by atoms with Crippen molar-refractivity contribution in [3.8, 4) is 22.5 Å². The maximum Gasteiger partial charge on any atom is 0.164 e. The lowest BCUT2D eigenvalue weighted by atomic mass is 10.1. The lowest BCUT2D eigenvalue weighted by molar-refractivity contribution is 0.842. The summed E-state index contributed by atoms with van der Waals surface area (Å²) in [6.07, 6.45) is 6.26. The Morgan fingerprint density at radius 2 is 1.71 bits per heavy atom. The molecule has 4 heterocycles. The summed E-state index contributed by atoms with van der Waals surface area (Å²) in [7, 11) is 2.09. The third-order valence-electron chi connectivity index (χ3n) is 5.21. The predicted octanol–water partition coefficient (Wildman–Crippen LogP) is 5.49. The highest BCUT2D eigenvalue weighted by atomic mass is 32.1. The second-order valence-corrected chi connectivity index (χ2v) is 8.16. The summed E-state index contributed by atoms with van der Waals surface area (Å²) in [6.45, 7) is 0.805. The number of benzene rings is 1. The highest BCUT2D eigenvalue weighted by Crippen LogP contribution is 2.39. The summed E-state index contributed by atoms with van der Waals surface area (Å²) < 4.78 is 0. The van der Waals surface area contributed by atoms with Gasteiger partial charge in [-0.1, -0.05) is 36.4 Å². The zero-order chi connectivity index (χ0) is 21.0. The van der Waals surface area contributed by atoms with E-state index in [1.807, 2.05) is 42.7 Å². The van der Waals surface area contributed by atoms with Crippen LogP contribution in [0.1, 0.15) is 5.69 Å². The highest BCUT2D eigenvalue weighted by molar-refractivity contribution is 7.17. The van der Waals surface area contributed by atoms with E-state index in [9.17, 15) is 0 Å². The fourth-order valence-electron chi connectivity index (χ4n) is 3.59. The molecule has 1 aromatic carbocycles. The average molecular weight is 424 g/mol. The Balaban J connectivity index is 1.61. The van der Waals surface area contributed by atoms with Gasteiger partial charge >= 0.3 is 0 Å². The molecule has 0 N–H and O–H groups in total. The minimum atomic E-state index is 0.696. The van der Waals surface area contributed by atoms with Gasteiger partial charge in [-0.15, -0.1) is 11.3 Å². The van der Waals surface area contributed by atoms with Crippen LogP contribution in [0.5, 0.6) is 0 Å². The number of likely N-dealkylation sites (N-methyl/N-ethyl adjacent to an activating group) is 1. The van der Waals surface area contributed by atoms with E-state index in [4.69, 9.17) is 9.97 Å². The minimum Gasteiger partial charge on any atom is -0.359 e. The van der Waals surface area contributed by atoms with Crippen LogP contribution in [-0.4, -0.2) is 33.5 Å². The first-order valence-electron chi connectivity index (χ1n) is 10.2. The Hall–Kier alpha value is -3.64. The van der Waals surface area contributed by atoms with Gasteiger partial charge in [-0.3, -0.25) is 9.97 Å². The molecule has 5 aromatic rings. The monoisotopic (exact) mass is 423 g/mol. The zero-order valence-corrected chi connectivity index (χ0v) is 18.0. The Labute approximate surface area is 185 Å². The molecule has 0 unspecified atom stereocenters. The molecule has 0 spiro atoms. The largest absolute Gasteiger partial charge is 0.359 e. The average Bonchev–Trinajstić information content (AvgIpc) is 3.28. The molecular formula is C25H21N5S. The Kier molecular flexibility index (Phi) is 5.37. The van der Waals surface area contributed by atoms with Gasteiger partial charge in [0, 0.05) is 60.8 Å². The number of aromatic nitrogens is 4. The van der Waals surface area contributed by atoms with Crippen LogP contribution in [0, 0.1) is 0 Å². The standard InChI is InChI=1S/C25H21N5S/c1-30(15-12-20-11-5-6-14-27-20)24-22-21(18-8-3-2-4-9-18)17-31-25(22)29-23(28-24)19-10-7-13-26-16-19/h2-11,13-14,16-17H,12,15H2,1H3. The SMILES string of the molecule is CN(CCc1ccccn1)c1nc(-c2cccnc2)nc2scc(-c3ccccc3)c12. The van der Waals surface area contributed by atoms with E-state index in [1.54, 1.807) is 17.5 Å².